The van der Waals surface area contributed by atoms with Gasteiger partial charge in [0.15, 0.2) is 0 Å². The van der Waals surface area contributed by atoms with Gasteiger partial charge in [0.1, 0.15) is 0 Å². The molecular weight excluding hydrogens is 380 g/mol. The Balaban J connectivity index is 0. The van der Waals surface area contributed by atoms with Gasteiger partial charge in [0.25, 0.3) is 0 Å². The van der Waals surface area contributed by atoms with E-state index in [0.717, 1.165) is 0 Å². The van der Waals surface area contributed by atoms with E-state index in [1.54, 1.807) is 0 Å². The van der Waals surface area contributed by atoms with Crippen LogP contribution in [0.3, 0.4) is 0 Å². The standard InChI is InChI=1S/C3H6.3In/c1-3-2;;;/h1-3H2;;;. The Morgan fingerprint density at radius 2 is 1.33 bits per heavy atom. The summed E-state index contributed by atoms with van der Waals surface area (Å²) in [4.78, 5) is 0. The van der Waals surface area contributed by atoms with Gasteiger partial charge in [-0.2, -0.15) is 0 Å². The summed E-state index contributed by atoms with van der Waals surface area (Å²) in [7, 11) is 0. The van der Waals surface area contributed by atoms with Crippen LogP contribution in [-0.4, -0.2) is 74.6 Å². The molecular formula is C3H6In3. The molecule has 0 aliphatic rings. The van der Waals surface area contributed by atoms with Crippen molar-refractivity contribution in [1.82, 2.24) is 0 Å². The molecule has 0 N–H and O–H groups in total. The molecule has 0 aromatic rings. The zero-order valence-electron chi connectivity index (χ0n) is 3.85. The molecule has 7 radical (unpaired) electrons. The van der Waals surface area contributed by atoms with E-state index < -0.39 is 0 Å². The molecule has 3 heteroatoms. The molecule has 0 heterocycles. The van der Waals surface area contributed by atoms with Crippen molar-refractivity contribution in [3.63, 3.8) is 0 Å². The fraction of sp³-hybridized carbons (Fsp3) is 1.00. The van der Waals surface area contributed by atoms with E-state index in [0.29, 0.717) is 0 Å². The topological polar surface area (TPSA) is 0 Å². The summed E-state index contributed by atoms with van der Waals surface area (Å²) in [5.41, 5.74) is 0. The van der Waals surface area contributed by atoms with Gasteiger partial charge in [0.05, 0.1) is 0 Å². The predicted molar refractivity (Wildman–Crippen MR) is 31.5 cm³/mol. The van der Waals surface area contributed by atoms with Crippen LogP contribution in [0.2, 0.25) is 8.35 Å². The average Bonchev–Trinajstić information content (AvgIpc) is 1.41. The van der Waals surface area contributed by atoms with E-state index in [1.807, 2.05) is 0 Å². The van der Waals surface area contributed by atoms with Crippen molar-refractivity contribution in [1.29, 1.82) is 0 Å². The van der Waals surface area contributed by atoms with Crippen LogP contribution in [0.25, 0.3) is 0 Å². The molecule has 0 amide bonds. The fourth-order valence-corrected chi connectivity index (χ4v) is 5.30. The maximum absolute atomic E-state index is 1.51. The van der Waals surface area contributed by atoms with Crippen molar-refractivity contribution < 1.29 is 0 Å². The van der Waals surface area contributed by atoms with Crippen LogP contribution in [0.5, 0.6) is 0 Å². The first-order valence-corrected chi connectivity index (χ1v) is 6.48. The van der Waals surface area contributed by atoms with Crippen molar-refractivity contribution in [3.05, 3.63) is 0 Å². The molecule has 27 valence electrons. The molecule has 0 saturated heterocycles. The van der Waals surface area contributed by atoms with E-state index >= 15 is 0 Å². The minimum absolute atomic E-state index is 0. The van der Waals surface area contributed by atoms with Crippen LogP contribution in [0.15, 0.2) is 0 Å². The third-order valence-corrected chi connectivity index (χ3v) is 2.74. The van der Waals surface area contributed by atoms with Gasteiger partial charge in [-0.05, 0) is 0 Å². The Labute approximate surface area is 87.8 Å². The van der Waals surface area contributed by atoms with Gasteiger partial charge in [0.2, 0.25) is 0 Å². The second-order valence-corrected chi connectivity index (χ2v) is 4.23. The van der Waals surface area contributed by atoms with Crippen LogP contribution in [0.4, 0.5) is 0 Å². The van der Waals surface area contributed by atoms with Crippen molar-refractivity contribution in [3.8, 4) is 0 Å². The van der Waals surface area contributed by atoms with Crippen molar-refractivity contribution in [2.24, 2.45) is 0 Å². The molecule has 0 rings (SSSR count). The Bertz CT molecular complexity index is 13.5. The summed E-state index contributed by atoms with van der Waals surface area (Å²) >= 11 is 2.94. The Hall–Kier alpha value is 2.61. The summed E-state index contributed by atoms with van der Waals surface area (Å²) in [6, 6.07) is 0. The van der Waals surface area contributed by atoms with Crippen LogP contribution in [0.1, 0.15) is 6.42 Å². The predicted octanol–water partition coefficient (Wildman–Crippen LogP) is 0.169. The quantitative estimate of drug-likeness (QED) is 0.635. The molecule has 6 heavy (non-hydrogen) atoms. The number of hydrogen-bond acceptors (Lipinski definition) is 0. The third kappa shape index (κ3) is 9.79. The van der Waals surface area contributed by atoms with Crippen LogP contribution in [-0.2, 0) is 0 Å². The van der Waals surface area contributed by atoms with Crippen molar-refractivity contribution >= 4 is 74.6 Å². The van der Waals surface area contributed by atoms with E-state index in [1.165, 1.54) is 63.5 Å². The Kier molecular flexibility index (Phi) is 20.1. The zero-order chi connectivity index (χ0) is 4.12. The molecule has 0 aliphatic heterocycles. The summed E-state index contributed by atoms with van der Waals surface area (Å²) in [5, 5.41) is 0. The van der Waals surface area contributed by atoms with E-state index in [2.05, 4.69) is 0 Å². The summed E-state index contributed by atoms with van der Waals surface area (Å²) < 4.78 is 3.01. The number of rotatable bonds is 2. The molecule has 0 nitrogen and oxygen atoms in total. The normalized spacial score (nSPS) is 6.67. The van der Waals surface area contributed by atoms with Gasteiger partial charge < -0.3 is 0 Å². The van der Waals surface area contributed by atoms with Crippen LogP contribution in [0, 0.1) is 0 Å². The minimum atomic E-state index is 0. The van der Waals surface area contributed by atoms with Gasteiger partial charge in [-0.1, -0.05) is 0 Å². The van der Waals surface area contributed by atoms with E-state index in [4.69, 9.17) is 0 Å². The van der Waals surface area contributed by atoms with Gasteiger partial charge in [-0.15, -0.1) is 0 Å². The van der Waals surface area contributed by atoms with Crippen LogP contribution < -0.4 is 0 Å². The summed E-state index contributed by atoms with van der Waals surface area (Å²) in [6.07, 6.45) is 1.50. The van der Waals surface area contributed by atoms with Crippen molar-refractivity contribution in [2.75, 3.05) is 0 Å². The number of hydrogen-bond donors (Lipinski definition) is 0. The third-order valence-electron chi connectivity index (χ3n) is 0.408. The zero-order valence-corrected chi connectivity index (χ0v) is 13.7. The molecule has 0 unspecified atom stereocenters. The molecule has 0 spiro atoms. The van der Waals surface area contributed by atoms with Crippen molar-refractivity contribution in [2.45, 2.75) is 14.8 Å². The van der Waals surface area contributed by atoms with E-state index in [9.17, 15) is 0 Å². The molecule has 0 bridgehead atoms. The van der Waals surface area contributed by atoms with Gasteiger partial charge >= 0.3 is 63.5 Å². The second kappa shape index (κ2) is 10.6. The first-order valence-electron chi connectivity index (χ1n) is 1.82. The fourth-order valence-electron chi connectivity index (χ4n) is 0.118. The first-order chi connectivity index (χ1) is 2.41. The van der Waals surface area contributed by atoms with Gasteiger partial charge in [-0.3, -0.25) is 0 Å². The van der Waals surface area contributed by atoms with Gasteiger partial charge in [-0.25, -0.2) is 0 Å². The molecule has 0 fully saturated rings. The van der Waals surface area contributed by atoms with Crippen LogP contribution >= 0.6 is 0 Å². The molecule has 0 aromatic carbocycles. The average molecular weight is 387 g/mol. The van der Waals surface area contributed by atoms with E-state index in [-0.39, 0.29) is 25.8 Å². The SMILES string of the molecule is [In].[In][CH2]C[CH2][In]. The monoisotopic (exact) mass is 387 g/mol. The summed E-state index contributed by atoms with van der Waals surface area (Å²) in [6.45, 7) is 0. The maximum atomic E-state index is 1.51. The first kappa shape index (κ1) is 11.4. The second-order valence-electron chi connectivity index (χ2n) is 0.931. The van der Waals surface area contributed by atoms with Gasteiger partial charge in [0, 0.05) is 25.8 Å². The molecule has 0 atom stereocenters. The molecule has 0 saturated carbocycles. The summed E-state index contributed by atoms with van der Waals surface area (Å²) in [5.74, 6) is 0. The Morgan fingerprint density at radius 3 is 1.33 bits per heavy atom. The molecule has 0 aliphatic carbocycles. The molecule has 0 aromatic heterocycles. The Morgan fingerprint density at radius 1 is 1.00 bits per heavy atom.